The van der Waals surface area contributed by atoms with Gasteiger partial charge in [-0.1, -0.05) is 78.4 Å². The smallest absolute Gasteiger partial charge is 0.0262 e. The fourth-order valence-corrected chi connectivity index (χ4v) is 1.24. The highest BCUT2D eigenvalue weighted by molar-refractivity contribution is 5.46. The maximum atomic E-state index is 3.66. The number of hydrogen-bond donors (Lipinski definition) is 0. The van der Waals surface area contributed by atoms with Crippen LogP contribution in [0.1, 0.15) is 16.7 Å². The van der Waals surface area contributed by atoms with E-state index < -0.39 is 0 Å². The van der Waals surface area contributed by atoms with Gasteiger partial charge in [-0.25, -0.2) is 0 Å². The highest BCUT2D eigenvalue weighted by Crippen LogP contribution is 2.02. The zero-order valence-corrected chi connectivity index (χ0v) is 9.98. The van der Waals surface area contributed by atoms with Gasteiger partial charge in [0.1, 0.15) is 0 Å². The van der Waals surface area contributed by atoms with Crippen LogP contribution < -0.4 is 0 Å². The number of aryl methyl sites for hydroxylation is 2. The van der Waals surface area contributed by atoms with Crippen LogP contribution in [-0.4, -0.2) is 0 Å². The lowest BCUT2D eigenvalue weighted by Crippen LogP contribution is -1.71. The van der Waals surface area contributed by atoms with Crippen molar-refractivity contribution in [3.8, 4) is 0 Å². The van der Waals surface area contributed by atoms with Crippen molar-refractivity contribution >= 4 is 6.08 Å². The molecule has 0 fully saturated rings. The van der Waals surface area contributed by atoms with Crippen molar-refractivity contribution in [3.63, 3.8) is 0 Å². The average Bonchev–Trinajstić information content (AvgIpc) is 2.32. The summed E-state index contributed by atoms with van der Waals surface area (Å²) in [7, 11) is 0. The van der Waals surface area contributed by atoms with Crippen molar-refractivity contribution in [1.82, 2.24) is 0 Å². The van der Waals surface area contributed by atoms with Crippen LogP contribution in [0, 0.1) is 13.8 Å². The zero-order valence-electron chi connectivity index (χ0n) is 9.98. The topological polar surface area (TPSA) is 0 Å². The van der Waals surface area contributed by atoms with Gasteiger partial charge in [0.15, 0.2) is 0 Å². The van der Waals surface area contributed by atoms with E-state index in [0.717, 1.165) is 0 Å². The Bertz CT molecular complexity index is 410. The molecule has 0 N–H and O–H groups in total. The molecule has 0 radical (unpaired) electrons. The lowest BCUT2D eigenvalue weighted by atomic mass is 10.2. The molecular formula is C16H18. The Morgan fingerprint density at radius 3 is 1.62 bits per heavy atom. The summed E-state index contributed by atoms with van der Waals surface area (Å²) < 4.78 is 0. The van der Waals surface area contributed by atoms with E-state index in [0.29, 0.717) is 0 Å². The third kappa shape index (κ3) is 4.61. The molecular weight excluding hydrogens is 192 g/mol. The predicted octanol–water partition coefficient (Wildman–Crippen LogP) is 4.63. The van der Waals surface area contributed by atoms with Gasteiger partial charge in [0.05, 0.1) is 0 Å². The van der Waals surface area contributed by atoms with E-state index in [1.807, 2.05) is 24.3 Å². The van der Waals surface area contributed by atoms with E-state index >= 15 is 0 Å². The van der Waals surface area contributed by atoms with Crippen LogP contribution in [0.15, 0.2) is 61.2 Å². The highest BCUT2D eigenvalue weighted by Gasteiger charge is 1.82. The SMILES string of the molecule is C=Cc1ccc(C)cc1.Cc1ccccc1. The van der Waals surface area contributed by atoms with Gasteiger partial charge >= 0.3 is 0 Å². The van der Waals surface area contributed by atoms with Crippen molar-refractivity contribution in [2.75, 3.05) is 0 Å². The van der Waals surface area contributed by atoms with Gasteiger partial charge in [0.25, 0.3) is 0 Å². The summed E-state index contributed by atoms with van der Waals surface area (Å²) in [5.41, 5.74) is 3.80. The minimum Gasteiger partial charge on any atom is -0.0985 e. The van der Waals surface area contributed by atoms with Gasteiger partial charge in [-0.05, 0) is 19.4 Å². The first-order chi connectivity index (χ1) is 7.72. The molecule has 16 heavy (non-hydrogen) atoms. The lowest BCUT2D eigenvalue weighted by Gasteiger charge is -1.91. The third-order valence-corrected chi connectivity index (χ3v) is 2.25. The summed E-state index contributed by atoms with van der Waals surface area (Å²) in [4.78, 5) is 0. The molecule has 0 aliphatic heterocycles. The summed E-state index contributed by atoms with van der Waals surface area (Å²) in [5, 5.41) is 0. The Hall–Kier alpha value is -1.82. The Kier molecular flexibility index (Phi) is 5.07. The van der Waals surface area contributed by atoms with Crippen LogP contribution in [0.5, 0.6) is 0 Å². The van der Waals surface area contributed by atoms with Crippen LogP contribution in [0.25, 0.3) is 6.08 Å². The summed E-state index contributed by atoms with van der Waals surface area (Å²) in [6.07, 6.45) is 1.85. The maximum Gasteiger partial charge on any atom is -0.0262 e. The predicted molar refractivity (Wildman–Crippen MR) is 72.4 cm³/mol. The summed E-state index contributed by atoms with van der Waals surface area (Å²) in [5.74, 6) is 0. The molecule has 0 saturated heterocycles. The number of rotatable bonds is 1. The Morgan fingerprint density at radius 2 is 1.25 bits per heavy atom. The molecule has 0 bridgehead atoms. The molecule has 0 amide bonds. The molecule has 2 rings (SSSR count). The summed E-state index contributed by atoms with van der Waals surface area (Å²) in [6, 6.07) is 18.5. The molecule has 2 aromatic rings. The van der Waals surface area contributed by atoms with Crippen LogP contribution in [0.3, 0.4) is 0 Å². The fraction of sp³-hybridized carbons (Fsp3) is 0.125. The van der Waals surface area contributed by atoms with Crippen LogP contribution in [0.2, 0.25) is 0 Å². The van der Waals surface area contributed by atoms with E-state index in [2.05, 4.69) is 56.8 Å². The minimum absolute atomic E-state index is 1.18. The minimum atomic E-state index is 1.18. The molecule has 0 spiro atoms. The van der Waals surface area contributed by atoms with Crippen molar-refractivity contribution in [2.45, 2.75) is 13.8 Å². The quantitative estimate of drug-likeness (QED) is 0.643. The number of hydrogen-bond acceptors (Lipinski definition) is 0. The van der Waals surface area contributed by atoms with Crippen LogP contribution in [0.4, 0.5) is 0 Å². The molecule has 0 saturated carbocycles. The largest absolute Gasteiger partial charge is 0.0985 e. The average molecular weight is 210 g/mol. The first kappa shape index (κ1) is 12.3. The molecule has 0 aliphatic carbocycles. The lowest BCUT2D eigenvalue weighted by molar-refractivity contribution is 1.46. The van der Waals surface area contributed by atoms with Crippen molar-refractivity contribution < 1.29 is 0 Å². The first-order valence-corrected chi connectivity index (χ1v) is 5.43. The monoisotopic (exact) mass is 210 g/mol. The van der Waals surface area contributed by atoms with Crippen LogP contribution >= 0.6 is 0 Å². The molecule has 2 aromatic carbocycles. The Morgan fingerprint density at radius 1 is 0.750 bits per heavy atom. The van der Waals surface area contributed by atoms with Gasteiger partial charge < -0.3 is 0 Å². The van der Waals surface area contributed by atoms with E-state index in [1.54, 1.807) is 0 Å². The molecule has 0 atom stereocenters. The second-order valence-electron chi connectivity index (χ2n) is 3.77. The highest BCUT2D eigenvalue weighted by atomic mass is 13.9. The summed E-state index contributed by atoms with van der Waals surface area (Å²) in [6.45, 7) is 7.82. The summed E-state index contributed by atoms with van der Waals surface area (Å²) >= 11 is 0. The van der Waals surface area contributed by atoms with E-state index in [9.17, 15) is 0 Å². The van der Waals surface area contributed by atoms with Crippen LogP contribution in [-0.2, 0) is 0 Å². The second kappa shape index (κ2) is 6.62. The molecule has 0 unspecified atom stereocenters. The van der Waals surface area contributed by atoms with E-state index in [-0.39, 0.29) is 0 Å². The molecule has 82 valence electrons. The molecule has 0 aliphatic rings. The van der Waals surface area contributed by atoms with Crippen molar-refractivity contribution in [1.29, 1.82) is 0 Å². The second-order valence-corrected chi connectivity index (χ2v) is 3.77. The van der Waals surface area contributed by atoms with Crippen molar-refractivity contribution in [2.24, 2.45) is 0 Å². The Labute approximate surface area is 98.3 Å². The van der Waals surface area contributed by atoms with Gasteiger partial charge in [-0.15, -0.1) is 0 Å². The molecule has 0 heterocycles. The van der Waals surface area contributed by atoms with Crippen molar-refractivity contribution in [3.05, 3.63) is 77.9 Å². The molecule has 0 nitrogen and oxygen atoms in total. The maximum absolute atomic E-state index is 3.66. The van der Waals surface area contributed by atoms with Gasteiger partial charge in [-0.3, -0.25) is 0 Å². The first-order valence-electron chi connectivity index (χ1n) is 5.43. The normalized spacial score (nSPS) is 8.88. The van der Waals surface area contributed by atoms with Gasteiger partial charge in [0.2, 0.25) is 0 Å². The van der Waals surface area contributed by atoms with Gasteiger partial charge in [-0.2, -0.15) is 0 Å². The molecule has 0 heteroatoms. The zero-order chi connectivity index (χ0) is 11.8. The fourth-order valence-electron chi connectivity index (χ4n) is 1.24. The van der Waals surface area contributed by atoms with Gasteiger partial charge in [0, 0.05) is 0 Å². The van der Waals surface area contributed by atoms with E-state index in [4.69, 9.17) is 0 Å². The standard InChI is InChI=1S/C9H10.C7H8/c1-3-9-6-4-8(2)5-7-9;1-7-5-3-2-4-6-7/h3-7H,1H2,2H3;2-6H,1H3. The molecule has 0 aromatic heterocycles. The third-order valence-electron chi connectivity index (χ3n) is 2.25. The number of benzene rings is 2. The van der Waals surface area contributed by atoms with E-state index in [1.165, 1.54) is 16.7 Å². The Balaban J connectivity index is 0.000000165.